The van der Waals surface area contributed by atoms with Crippen molar-refractivity contribution in [1.82, 2.24) is 10.3 Å². The zero-order valence-corrected chi connectivity index (χ0v) is 13.6. The molecule has 4 nitrogen and oxygen atoms in total. The van der Waals surface area contributed by atoms with Crippen molar-refractivity contribution >= 4 is 5.91 Å². The molecule has 1 aromatic carbocycles. The van der Waals surface area contributed by atoms with Gasteiger partial charge in [0.1, 0.15) is 11.9 Å². The summed E-state index contributed by atoms with van der Waals surface area (Å²) >= 11 is 0. The molecule has 1 N–H and O–H groups in total. The van der Waals surface area contributed by atoms with Crippen molar-refractivity contribution in [3.8, 4) is 17.0 Å². The molecule has 2 aromatic rings. The fourth-order valence-electron chi connectivity index (χ4n) is 2.96. The first-order valence-corrected chi connectivity index (χ1v) is 8.15. The topological polar surface area (TPSA) is 51.2 Å². The van der Waals surface area contributed by atoms with Crippen molar-refractivity contribution < 1.29 is 9.53 Å². The van der Waals surface area contributed by atoms with E-state index in [4.69, 9.17) is 4.74 Å². The number of carbonyl (C=O) groups is 1. The van der Waals surface area contributed by atoms with E-state index in [0.29, 0.717) is 13.0 Å². The molecular weight excluding hydrogens is 288 g/mol. The smallest absolute Gasteiger partial charge is 0.220 e. The molecule has 0 saturated heterocycles. The Hall–Kier alpha value is -2.36. The highest BCUT2D eigenvalue weighted by Gasteiger charge is 2.26. The van der Waals surface area contributed by atoms with E-state index in [1.165, 1.54) is 11.1 Å². The van der Waals surface area contributed by atoms with Crippen LogP contribution in [-0.4, -0.2) is 23.5 Å². The number of aromatic nitrogens is 1. The average Bonchev–Trinajstić information content (AvgIpc) is 2.96. The number of amides is 1. The molecule has 0 fully saturated rings. The number of carbonyl (C=O) groups excluding carboxylic acids is 1. The summed E-state index contributed by atoms with van der Waals surface area (Å²) in [5, 5.41) is 2.95. The Morgan fingerprint density at radius 2 is 2.26 bits per heavy atom. The molecule has 2 heterocycles. The Morgan fingerprint density at radius 3 is 3.00 bits per heavy atom. The van der Waals surface area contributed by atoms with Gasteiger partial charge in [0.05, 0.1) is 12.2 Å². The number of rotatable bonds is 5. The Kier molecular flexibility index (Phi) is 4.60. The maximum Gasteiger partial charge on any atom is 0.220 e. The predicted octanol–water partition coefficient (Wildman–Crippen LogP) is 3.28. The number of pyridine rings is 1. The minimum absolute atomic E-state index is 0.00457. The highest BCUT2D eigenvalue weighted by molar-refractivity contribution is 5.76. The van der Waals surface area contributed by atoms with E-state index >= 15 is 0 Å². The van der Waals surface area contributed by atoms with Gasteiger partial charge in [-0.1, -0.05) is 19.1 Å². The van der Waals surface area contributed by atoms with Crippen molar-refractivity contribution in [3.05, 3.63) is 47.7 Å². The third-order valence-corrected chi connectivity index (χ3v) is 3.99. The third kappa shape index (κ3) is 3.52. The maximum absolute atomic E-state index is 11.6. The maximum atomic E-state index is 11.6. The van der Waals surface area contributed by atoms with E-state index in [9.17, 15) is 4.79 Å². The summed E-state index contributed by atoms with van der Waals surface area (Å²) in [5.41, 5.74) is 4.34. The number of nitrogens with zero attached hydrogens (tertiary/aromatic N) is 1. The summed E-state index contributed by atoms with van der Waals surface area (Å²) in [6.45, 7) is 4.64. The molecule has 0 spiro atoms. The van der Waals surface area contributed by atoms with Crippen LogP contribution in [0.3, 0.4) is 0 Å². The van der Waals surface area contributed by atoms with Crippen LogP contribution in [0, 0.1) is 6.92 Å². The lowest BCUT2D eigenvalue weighted by atomic mass is 10.0. The van der Waals surface area contributed by atoms with E-state index in [1.807, 2.05) is 25.1 Å². The van der Waals surface area contributed by atoms with Gasteiger partial charge in [-0.25, -0.2) is 0 Å². The molecule has 0 bridgehead atoms. The minimum Gasteiger partial charge on any atom is -0.487 e. The number of nitrogens with one attached hydrogen (secondary N) is 1. The number of aryl methyl sites for hydroxylation is 1. The number of ether oxygens (including phenoxy) is 1. The zero-order valence-electron chi connectivity index (χ0n) is 13.6. The van der Waals surface area contributed by atoms with Gasteiger partial charge in [0.2, 0.25) is 5.91 Å². The summed E-state index contributed by atoms with van der Waals surface area (Å²) < 4.78 is 6.12. The van der Waals surface area contributed by atoms with Crippen LogP contribution in [0.5, 0.6) is 5.75 Å². The molecule has 1 atom stereocenters. The quantitative estimate of drug-likeness (QED) is 0.922. The molecule has 0 aliphatic carbocycles. The van der Waals surface area contributed by atoms with Crippen molar-refractivity contribution in [3.63, 3.8) is 0 Å². The summed E-state index contributed by atoms with van der Waals surface area (Å²) in [6, 6.07) is 10.2. The molecule has 1 aromatic heterocycles. The average molecular weight is 310 g/mol. The predicted molar refractivity (Wildman–Crippen MR) is 90.4 cm³/mol. The molecule has 3 rings (SSSR count). The fourth-order valence-corrected chi connectivity index (χ4v) is 2.96. The molecule has 1 unspecified atom stereocenters. The zero-order chi connectivity index (χ0) is 16.2. The van der Waals surface area contributed by atoms with Gasteiger partial charge in [0.25, 0.3) is 0 Å². The Morgan fingerprint density at radius 1 is 1.39 bits per heavy atom. The van der Waals surface area contributed by atoms with Gasteiger partial charge in [-0.15, -0.1) is 0 Å². The highest BCUT2D eigenvalue weighted by Crippen LogP contribution is 2.38. The second-order valence-corrected chi connectivity index (χ2v) is 6.01. The Balaban J connectivity index is 1.78. The number of hydrogen-bond donors (Lipinski definition) is 1. The van der Waals surface area contributed by atoms with Crippen molar-refractivity contribution in [2.24, 2.45) is 0 Å². The largest absolute Gasteiger partial charge is 0.487 e. The monoisotopic (exact) mass is 310 g/mol. The Bertz CT molecular complexity index is 698. The van der Waals surface area contributed by atoms with Crippen LogP contribution >= 0.6 is 0 Å². The van der Waals surface area contributed by atoms with Crippen LogP contribution in [0.25, 0.3) is 11.3 Å². The van der Waals surface area contributed by atoms with Gasteiger partial charge in [0.15, 0.2) is 0 Å². The normalized spacial score (nSPS) is 15.8. The lowest BCUT2D eigenvalue weighted by Gasteiger charge is -2.13. The Labute approximate surface area is 136 Å². The summed E-state index contributed by atoms with van der Waals surface area (Å²) in [7, 11) is 0. The first kappa shape index (κ1) is 15.5. The number of hydrogen-bond acceptors (Lipinski definition) is 3. The SMILES string of the molecule is CCCC(=O)NCC1Cc2cc(C)cc(-c3ccccn3)c2O1. The first-order chi connectivity index (χ1) is 11.2. The van der Waals surface area contributed by atoms with Gasteiger partial charge in [-0.05, 0) is 42.7 Å². The molecule has 120 valence electrons. The second-order valence-electron chi connectivity index (χ2n) is 6.01. The van der Waals surface area contributed by atoms with Crippen LogP contribution in [0.4, 0.5) is 0 Å². The van der Waals surface area contributed by atoms with Gasteiger partial charge in [-0.2, -0.15) is 0 Å². The van der Waals surface area contributed by atoms with Gasteiger partial charge in [0, 0.05) is 24.6 Å². The lowest BCUT2D eigenvalue weighted by molar-refractivity contribution is -0.121. The second kappa shape index (κ2) is 6.82. The third-order valence-electron chi connectivity index (χ3n) is 3.99. The van der Waals surface area contributed by atoms with Crippen LogP contribution in [-0.2, 0) is 11.2 Å². The number of fused-ring (bicyclic) bond motifs is 1. The molecule has 1 aliphatic heterocycles. The molecule has 0 saturated carbocycles. The number of benzene rings is 1. The van der Waals surface area contributed by atoms with E-state index in [0.717, 1.165) is 29.8 Å². The van der Waals surface area contributed by atoms with Crippen molar-refractivity contribution in [2.75, 3.05) is 6.54 Å². The van der Waals surface area contributed by atoms with Gasteiger partial charge >= 0.3 is 0 Å². The van der Waals surface area contributed by atoms with Crippen LogP contribution in [0.2, 0.25) is 0 Å². The minimum atomic E-state index is -0.00457. The van der Waals surface area contributed by atoms with Crippen molar-refractivity contribution in [2.45, 2.75) is 39.2 Å². The fraction of sp³-hybridized carbons (Fsp3) is 0.368. The van der Waals surface area contributed by atoms with E-state index < -0.39 is 0 Å². The summed E-state index contributed by atoms with van der Waals surface area (Å²) in [6.07, 6.45) is 4.04. The van der Waals surface area contributed by atoms with Crippen LogP contribution in [0.1, 0.15) is 30.9 Å². The van der Waals surface area contributed by atoms with E-state index in [-0.39, 0.29) is 12.0 Å². The van der Waals surface area contributed by atoms with Crippen LogP contribution in [0.15, 0.2) is 36.5 Å². The molecule has 1 aliphatic rings. The molecule has 23 heavy (non-hydrogen) atoms. The molecular formula is C19H22N2O2. The summed E-state index contributed by atoms with van der Waals surface area (Å²) in [5.74, 6) is 0.997. The van der Waals surface area contributed by atoms with E-state index in [2.05, 4.69) is 29.4 Å². The lowest BCUT2D eigenvalue weighted by Crippen LogP contribution is -2.34. The van der Waals surface area contributed by atoms with E-state index in [1.54, 1.807) is 6.20 Å². The molecule has 4 heteroatoms. The highest BCUT2D eigenvalue weighted by atomic mass is 16.5. The van der Waals surface area contributed by atoms with Crippen molar-refractivity contribution in [1.29, 1.82) is 0 Å². The van der Waals surface area contributed by atoms with Gasteiger partial charge < -0.3 is 10.1 Å². The first-order valence-electron chi connectivity index (χ1n) is 8.15. The summed E-state index contributed by atoms with van der Waals surface area (Å²) in [4.78, 5) is 16.1. The molecule has 1 amide bonds. The standard InChI is InChI=1S/C19H22N2O2/c1-3-6-18(22)21-12-15-11-14-9-13(2)10-16(19(14)23-15)17-7-4-5-8-20-17/h4-5,7-10,15H,3,6,11-12H2,1-2H3,(H,21,22). The van der Waals surface area contributed by atoms with Crippen LogP contribution < -0.4 is 10.1 Å². The van der Waals surface area contributed by atoms with Gasteiger partial charge in [-0.3, -0.25) is 9.78 Å². The molecule has 0 radical (unpaired) electrons.